The van der Waals surface area contributed by atoms with Gasteiger partial charge in [0, 0.05) is 11.6 Å². The van der Waals surface area contributed by atoms with Gasteiger partial charge in [-0.1, -0.05) is 54.4 Å². The van der Waals surface area contributed by atoms with Crippen LogP contribution in [0.15, 0.2) is 48.5 Å². The van der Waals surface area contributed by atoms with E-state index >= 15 is 0 Å². The van der Waals surface area contributed by atoms with Gasteiger partial charge in [0.25, 0.3) is 0 Å². The van der Waals surface area contributed by atoms with Crippen molar-refractivity contribution < 1.29 is 4.79 Å². The van der Waals surface area contributed by atoms with Crippen LogP contribution in [0.25, 0.3) is 0 Å². The highest BCUT2D eigenvalue weighted by atomic mass is 35.5. The summed E-state index contributed by atoms with van der Waals surface area (Å²) in [6.45, 7) is 2.65. The minimum absolute atomic E-state index is 0.129. The molecule has 0 atom stereocenters. The molecule has 3 heteroatoms. The summed E-state index contributed by atoms with van der Waals surface area (Å²) in [5.74, 6) is 0.129. The zero-order valence-electron chi connectivity index (χ0n) is 12.7. The lowest BCUT2D eigenvalue weighted by molar-refractivity contribution is -0.130. The van der Waals surface area contributed by atoms with Gasteiger partial charge in [0.05, 0.1) is 5.41 Å². The first-order valence-electron chi connectivity index (χ1n) is 7.71. The van der Waals surface area contributed by atoms with Crippen LogP contribution in [0.5, 0.6) is 0 Å². The molecule has 0 bridgehead atoms. The molecule has 0 spiro atoms. The lowest BCUT2D eigenvalue weighted by atomic mass is 9.64. The van der Waals surface area contributed by atoms with Gasteiger partial charge in [-0.3, -0.25) is 4.79 Å². The third kappa shape index (κ3) is 2.76. The van der Waals surface area contributed by atoms with E-state index in [9.17, 15) is 4.79 Å². The second-order valence-corrected chi connectivity index (χ2v) is 6.49. The summed E-state index contributed by atoms with van der Waals surface area (Å²) >= 11 is 5.96. The number of aryl methyl sites for hydroxylation is 1. The maximum absolute atomic E-state index is 12.8. The van der Waals surface area contributed by atoms with Gasteiger partial charge in [-0.15, -0.1) is 0 Å². The molecule has 3 rings (SSSR count). The lowest BCUT2D eigenvalue weighted by Gasteiger charge is -2.40. The smallest absolute Gasteiger partial charge is 0.230 e. The van der Waals surface area contributed by atoms with Crippen molar-refractivity contribution in [1.82, 2.24) is 5.32 Å². The number of hydrogen-bond acceptors (Lipinski definition) is 1. The number of carbonyl (C=O) groups is 1. The van der Waals surface area contributed by atoms with Crippen LogP contribution in [0.1, 0.15) is 36.0 Å². The van der Waals surface area contributed by atoms with Crippen molar-refractivity contribution in [2.24, 2.45) is 0 Å². The van der Waals surface area contributed by atoms with Crippen LogP contribution in [0, 0.1) is 6.92 Å². The molecule has 2 nitrogen and oxygen atoms in total. The van der Waals surface area contributed by atoms with Crippen LogP contribution in [0.4, 0.5) is 0 Å². The van der Waals surface area contributed by atoms with Crippen molar-refractivity contribution in [3.05, 3.63) is 70.2 Å². The Bertz CT molecular complexity index is 674. The number of rotatable bonds is 4. The molecule has 1 aliphatic carbocycles. The van der Waals surface area contributed by atoms with Crippen molar-refractivity contribution >= 4 is 17.5 Å². The third-order valence-corrected chi connectivity index (χ3v) is 4.99. The first kappa shape index (κ1) is 15.1. The second kappa shape index (κ2) is 6.13. The first-order valence-corrected chi connectivity index (χ1v) is 8.08. The SMILES string of the molecule is Cc1ccccc1CNC(=O)C1(c2ccc(Cl)cc2)CCC1. The number of nitrogens with one attached hydrogen (secondary N) is 1. The van der Waals surface area contributed by atoms with Crippen LogP contribution in [-0.4, -0.2) is 5.91 Å². The normalized spacial score (nSPS) is 15.9. The standard InChI is InChI=1S/C19H20ClNO/c1-14-5-2-3-6-15(14)13-21-18(22)19(11-4-12-19)16-7-9-17(20)10-8-16/h2-3,5-10H,4,11-13H2,1H3,(H,21,22). The van der Waals surface area contributed by atoms with E-state index in [1.807, 2.05) is 36.4 Å². The van der Waals surface area contributed by atoms with E-state index in [1.165, 1.54) is 11.1 Å². The Morgan fingerprint density at radius 2 is 1.82 bits per heavy atom. The summed E-state index contributed by atoms with van der Waals surface area (Å²) in [6, 6.07) is 15.8. The predicted octanol–water partition coefficient (Wildman–Crippen LogP) is 4.39. The molecule has 114 valence electrons. The second-order valence-electron chi connectivity index (χ2n) is 6.05. The number of halogens is 1. The Morgan fingerprint density at radius 1 is 1.14 bits per heavy atom. The molecule has 0 aromatic heterocycles. The molecule has 2 aromatic rings. The minimum Gasteiger partial charge on any atom is -0.351 e. The van der Waals surface area contributed by atoms with Crippen molar-refractivity contribution in [2.45, 2.75) is 38.1 Å². The van der Waals surface area contributed by atoms with Crippen molar-refractivity contribution in [2.75, 3.05) is 0 Å². The van der Waals surface area contributed by atoms with Crippen LogP contribution in [-0.2, 0) is 16.8 Å². The Kier molecular flexibility index (Phi) is 4.21. The van der Waals surface area contributed by atoms with Gasteiger partial charge >= 0.3 is 0 Å². The van der Waals surface area contributed by atoms with E-state index in [2.05, 4.69) is 24.4 Å². The molecule has 0 aliphatic heterocycles. The van der Waals surface area contributed by atoms with Crippen LogP contribution < -0.4 is 5.32 Å². The fourth-order valence-electron chi connectivity index (χ4n) is 3.10. The molecular formula is C19H20ClNO. The lowest BCUT2D eigenvalue weighted by Crippen LogP contribution is -2.49. The highest BCUT2D eigenvalue weighted by molar-refractivity contribution is 6.30. The fourth-order valence-corrected chi connectivity index (χ4v) is 3.23. The molecule has 22 heavy (non-hydrogen) atoms. The maximum Gasteiger partial charge on any atom is 0.230 e. The predicted molar refractivity (Wildman–Crippen MR) is 90.0 cm³/mol. The molecule has 1 fully saturated rings. The summed E-state index contributed by atoms with van der Waals surface area (Å²) < 4.78 is 0. The van der Waals surface area contributed by atoms with Gasteiger partial charge in [-0.25, -0.2) is 0 Å². The van der Waals surface area contributed by atoms with E-state index < -0.39 is 0 Å². The van der Waals surface area contributed by atoms with E-state index in [0.717, 1.165) is 24.8 Å². The monoisotopic (exact) mass is 313 g/mol. The Labute approximate surface area is 136 Å². The van der Waals surface area contributed by atoms with Gasteiger partial charge in [-0.05, 0) is 48.6 Å². The molecule has 1 saturated carbocycles. The quantitative estimate of drug-likeness (QED) is 0.891. The maximum atomic E-state index is 12.8. The number of hydrogen-bond donors (Lipinski definition) is 1. The van der Waals surface area contributed by atoms with E-state index in [0.29, 0.717) is 11.6 Å². The molecule has 2 aromatic carbocycles. The Balaban J connectivity index is 1.75. The summed E-state index contributed by atoms with van der Waals surface area (Å²) in [6.07, 6.45) is 2.92. The number of carbonyl (C=O) groups excluding carboxylic acids is 1. The molecule has 0 heterocycles. The fraction of sp³-hybridized carbons (Fsp3) is 0.316. The highest BCUT2D eigenvalue weighted by Crippen LogP contribution is 2.44. The van der Waals surface area contributed by atoms with E-state index in [1.54, 1.807) is 0 Å². The van der Waals surface area contributed by atoms with E-state index in [-0.39, 0.29) is 11.3 Å². The minimum atomic E-state index is -0.368. The summed E-state index contributed by atoms with van der Waals surface area (Å²) in [5, 5.41) is 3.83. The molecule has 0 radical (unpaired) electrons. The largest absolute Gasteiger partial charge is 0.351 e. The first-order chi connectivity index (χ1) is 10.6. The van der Waals surface area contributed by atoms with Gasteiger partial charge in [-0.2, -0.15) is 0 Å². The Hall–Kier alpha value is -1.80. The summed E-state index contributed by atoms with van der Waals surface area (Å²) in [5.41, 5.74) is 3.08. The molecule has 1 amide bonds. The van der Waals surface area contributed by atoms with Crippen LogP contribution in [0.3, 0.4) is 0 Å². The third-order valence-electron chi connectivity index (χ3n) is 4.74. The molecule has 1 N–H and O–H groups in total. The highest BCUT2D eigenvalue weighted by Gasteiger charge is 2.45. The van der Waals surface area contributed by atoms with Crippen molar-refractivity contribution in [3.8, 4) is 0 Å². The van der Waals surface area contributed by atoms with Crippen molar-refractivity contribution in [3.63, 3.8) is 0 Å². The number of amides is 1. The summed E-state index contributed by atoms with van der Waals surface area (Å²) in [4.78, 5) is 12.8. The topological polar surface area (TPSA) is 29.1 Å². The van der Waals surface area contributed by atoms with Gasteiger partial charge in [0.15, 0.2) is 0 Å². The van der Waals surface area contributed by atoms with Crippen LogP contribution in [0.2, 0.25) is 5.02 Å². The molecular weight excluding hydrogens is 294 g/mol. The van der Waals surface area contributed by atoms with E-state index in [4.69, 9.17) is 11.6 Å². The average Bonchev–Trinajstić information content (AvgIpc) is 2.47. The molecule has 1 aliphatic rings. The zero-order valence-corrected chi connectivity index (χ0v) is 13.5. The van der Waals surface area contributed by atoms with Crippen molar-refractivity contribution in [1.29, 1.82) is 0 Å². The number of benzene rings is 2. The molecule has 0 unspecified atom stereocenters. The summed E-state index contributed by atoms with van der Waals surface area (Å²) in [7, 11) is 0. The van der Waals surface area contributed by atoms with Gasteiger partial charge in [0.2, 0.25) is 5.91 Å². The average molecular weight is 314 g/mol. The van der Waals surface area contributed by atoms with Crippen LogP contribution >= 0.6 is 11.6 Å². The molecule has 0 saturated heterocycles. The van der Waals surface area contributed by atoms with Gasteiger partial charge < -0.3 is 5.32 Å². The van der Waals surface area contributed by atoms with Gasteiger partial charge in [0.1, 0.15) is 0 Å². The Morgan fingerprint density at radius 3 is 2.41 bits per heavy atom. The zero-order chi connectivity index (χ0) is 15.6.